The van der Waals surface area contributed by atoms with Crippen molar-refractivity contribution in [2.75, 3.05) is 25.6 Å². The van der Waals surface area contributed by atoms with Crippen molar-refractivity contribution in [3.8, 4) is 0 Å². The molecule has 0 aromatic heterocycles. The topological polar surface area (TPSA) is 29.3 Å². The Morgan fingerprint density at radius 2 is 1.95 bits per heavy atom. The first-order valence-electron chi connectivity index (χ1n) is 7.03. The molecule has 0 aliphatic heterocycles. The molecule has 0 bridgehead atoms. The van der Waals surface area contributed by atoms with Gasteiger partial charge in [-0.3, -0.25) is 4.90 Å². The summed E-state index contributed by atoms with van der Waals surface area (Å²) in [6.45, 7) is 5.23. The summed E-state index contributed by atoms with van der Waals surface area (Å²) in [5.41, 5.74) is 7.48. The third-order valence-electron chi connectivity index (χ3n) is 4.10. The van der Waals surface area contributed by atoms with Crippen molar-refractivity contribution in [1.82, 2.24) is 4.90 Å². The van der Waals surface area contributed by atoms with Crippen LogP contribution in [0.2, 0.25) is 0 Å². The van der Waals surface area contributed by atoms with E-state index in [1.165, 1.54) is 12.0 Å². The Morgan fingerprint density at radius 1 is 1.32 bits per heavy atom. The van der Waals surface area contributed by atoms with Gasteiger partial charge in [0.2, 0.25) is 0 Å². The number of likely N-dealkylation sites (N-methyl/N-ethyl adjacent to an activating group) is 1. The fourth-order valence-electron chi connectivity index (χ4n) is 2.51. The van der Waals surface area contributed by atoms with Crippen LogP contribution in [0.5, 0.6) is 0 Å². The first kappa shape index (κ1) is 16.5. The highest BCUT2D eigenvalue weighted by Gasteiger charge is 2.31. The average molecular weight is 280 g/mol. The van der Waals surface area contributed by atoms with Gasteiger partial charge in [0.1, 0.15) is 0 Å². The van der Waals surface area contributed by atoms with Crippen LogP contribution in [0.3, 0.4) is 0 Å². The van der Waals surface area contributed by atoms with E-state index >= 15 is 0 Å². The van der Waals surface area contributed by atoms with E-state index < -0.39 is 0 Å². The number of benzene rings is 1. The van der Waals surface area contributed by atoms with Crippen molar-refractivity contribution in [3.05, 3.63) is 35.9 Å². The Labute approximate surface area is 122 Å². The lowest BCUT2D eigenvalue weighted by atomic mass is 9.90. The predicted octanol–water partition coefficient (Wildman–Crippen LogP) is 3.02. The zero-order valence-electron chi connectivity index (χ0n) is 12.7. The zero-order chi connectivity index (χ0) is 14.3. The van der Waals surface area contributed by atoms with Crippen LogP contribution >= 0.6 is 11.8 Å². The Morgan fingerprint density at radius 3 is 2.42 bits per heavy atom. The zero-order valence-corrected chi connectivity index (χ0v) is 13.5. The summed E-state index contributed by atoms with van der Waals surface area (Å²) in [5.74, 6) is 1.16. The van der Waals surface area contributed by atoms with Gasteiger partial charge in [-0.05, 0) is 38.6 Å². The van der Waals surface area contributed by atoms with E-state index in [1.807, 2.05) is 11.8 Å². The van der Waals surface area contributed by atoms with Crippen LogP contribution in [-0.2, 0) is 6.42 Å². The predicted molar refractivity (Wildman–Crippen MR) is 87.8 cm³/mol. The number of thioether (sulfide) groups is 1. The minimum atomic E-state index is 0.0256. The molecule has 0 heterocycles. The standard InChI is InChI=1S/C16H28N2S/c1-5-15(12-19-4)18(3)16(2,13-17)11-14-9-7-6-8-10-14/h6-10,15H,5,11-13,17H2,1-4H3. The molecule has 0 spiro atoms. The molecule has 2 atom stereocenters. The monoisotopic (exact) mass is 280 g/mol. The van der Waals surface area contributed by atoms with Crippen LogP contribution in [0.1, 0.15) is 25.8 Å². The van der Waals surface area contributed by atoms with Crippen molar-refractivity contribution in [2.45, 2.75) is 38.3 Å². The molecule has 2 nitrogen and oxygen atoms in total. The highest BCUT2D eigenvalue weighted by Crippen LogP contribution is 2.23. The van der Waals surface area contributed by atoms with E-state index in [-0.39, 0.29) is 5.54 Å². The summed E-state index contributed by atoms with van der Waals surface area (Å²) >= 11 is 1.91. The van der Waals surface area contributed by atoms with E-state index in [4.69, 9.17) is 5.73 Å². The van der Waals surface area contributed by atoms with Gasteiger partial charge < -0.3 is 5.73 Å². The van der Waals surface area contributed by atoms with Gasteiger partial charge in [0.15, 0.2) is 0 Å². The van der Waals surface area contributed by atoms with Gasteiger partial charge in [-0.2, -0.15) is 11.8 Å². The van der Waals surface area contributed by atoms with Crippen LogP contribution < -0.4 is 5.73 Å². The second kappa shape index (κ2) is 7.93. The smallest absolute Gasteiger partial charge is 0.0344 e. The molecule has 2 unspecified atom stereocenters. The second-order valence-electron chi connectivity index (χ2n) is 5.49. The Bertz CT molecular complexity index is 355. The van der Waals surface area contributed by atoms with Crippen LogP contribution in [0.25, 0.3) is 0 Å². The molecule has 1 aromatic rings. The van der Waals surface area contributed by atoms with Gasteiger partial charge >= 0.3 is 0 Å². The molecule has 0 radical (unpaired) electrons. The minimum absolute atomic E-state index is 0.0256. The lowest BCUT2D eigenvalue weighted by Crippen LogP contribution is -2.55. The average Bonchev–Trinajstić information content (AvgIpc) is 2.45. The molecule has 3 heteroatoms. The number of nitrogens with two attached hydrogens (primary N) is 1. The molecule has 0 amide bonds. The van der Waals surface area contributed by atoms with Gasteiger partial charge in [0.25, 0.3) is 0 Å². The number of rotatable bonds is 8. The van der Waals surface area contributed by atoms with Crippen LogP contribution in [0.4, 0.5) is 0 Å². The van der Waals surface area contributed by atoms with Gasteiger partial charge in [-0.1, -0.05) is 37.3 Å². The second-order valence-corrected chi connectivity index (χ2v) is 6.40. The molecular weight excluding hydrogens is 252 g/mol. The van der Waals surface area contributed by atoms with Crippen LogP contribution in [0, 0.1) is 0 Å². The maximum atomic E-state index is 6.10. The summed E-state index contributed by atoms with van der Waals surface area (Å²) < 4.78 is 0. The van der Waals surface area contributed by atoms with Crippen molar-refractivity contribution >= 4 is 11.8 Å². The van der Waals surface area contributed by atoms with Gasteiger partial charge in [-0.15, -0.1) is 0 Å². The summed E-state index contributed by atoms with van der Waals surface area (Å²) in [4.78, 5) is 2.48. The first-order chi connectivity index (χ1) is 9.07. The number of hydrogen-bond donors (Lipinski definition) is 1. The fourth-order valence-corrected chi connectivity index (χ4v) is 3.36. The molecule has 19 heavy (non-hydrogen) atoms. The van der Waals surface area contributed by atoms with Crippen molar-refractivity contribution in [2.24, 2.45) is 5.73 Å². The van der Waals surface area contributed by atoms with E-state index in [9.17, 15) is 0 Å². The minimum Gasteiger partial charge on any atom is -0.329 e. The molecule has 2 N–H and O–H groups in total. The Kier molecular flexibility index (Phi) is 6.90. The van der Waals surface area contributed by atoms with E-state index in [0.29, 0.717) is 12.6 Å². The molecule has 1 aromatic carbocycles. The molecular formula is C16H28N2S. The van der Waals surface area contributed by atoms with Crippen molar-refractivity contribution < 1.29 is 0 Å². The fraction of sp³-hybridized carbons (Fsp3) is 0.625. The van der Waals surface area contributed by atoms with Gasteiger partial charge in [0.05, 0.1) is 0 Å². The maximum Gasteiger partial charge on any atom is 0.0344 e. The highest BCUT2D eigenvalue weighted by molar-refractivity contribution is 7.98. The normalized spacial score (nSPS) is 16.3. The SMILES string of the molecule is CCC(CSC)N(C)C(C)(CN)Cc1ccccc1. The molecule has 1 rings (SSSR count). The highest BCUT2D eigenvalue weighted by atomic mass is 32.2. The van der Waals surface area contributed by atoms with Crippen molar-refractivity contribution in [3.63, 3.8) is 0 Å². The van der Waals surface area contributed by atoms with Crippen molar-refractivity contribution in [1.29, 1.82) is 0 Å². The molecule has 0 saturated carbocycles. The largest absolute Gasteiger partial charge is 0.329 e. The first-order valence-corrected chi connectivity index (χ1v) is 8.42. The summed E-state index contributed by atoms with van der Waals surface area (Å²) in [6.07, 6.45) is 4.35. The Balaban J connectivity index is 2.83. The van der Waals surface area contributed by atoms with E-state index in [0.717, 1.165) is 12.2 Å². The molecule has 0 saturated heterocycles. The van der Waals surface area contributed by atoms with Gasteiger partial charge in [0, 0.05) is 23.9 Å². The lowest BCUT2D eigenvalue weighted by molar-refractivity contribution is 0.100. The molecule has 0 fully saturated rings. The quantitative estimate of drug-likeness (QED) is 0.793. The summed E-state index contributed by atoms with van der Waals surface area (Å²) in [5, 5.41) is 0. The van der Waals surface area contributed by atoms with E-state index in [1.54, 1.807) is 0 Å². The summed E-state index contributed by atoms with van der Waals surface area (Å²) in [6, 6.07) is 11.2. The maximum absolute atomic E-state index is 6.10. The van der Waals surface area contributed by atoms with Gasteiger partial charge in [-0.25, -0.2) is 0 Å². The molecule has 0 aliphatic rings. The Hall–Kier alpha value is -0.510. The summed E-state index contributed by atoms with van der Waals surface area (Å²) in [7, 11) is 2.22. The third-order valence-corrected chi connectivity index (χ3v) is 4.82. The van der Waals surface area contributed by atoms with E-state index in [2.05, 4.69) is 62.4 Å². The van der Waals surface area contributed by atoms with Crippen LogP contribution in [0.15, 0.2) is 30.3 Å². The van der Waals surface area contributed by atoms with Crippen LogP contribution in [-0.4, -0.2) is 42.1 Å². The lowest BCUT2D eigenvalue weighted by Gasteiger charge is -2.43. The molecule has 0 aliphatic carbocycles. The third kappa shape index (κ3) is 4.51. The number of nitrogens with zero attached hydrogens (tertiary/aromatic N) is 1. The molecule has 108 valence electrons. The number of hydrogen-bond acceptors (Lipinski definition) is 3.